The van der Waals surface area contributed by atoms with Crippen LogP contribution in [0.3, 0.4) is 0 Å². The van der Waals surface area contributed by atoms with Gasteiger partial charge < -0.3 is 4.90 Å². The Kier molecular flexibility index (Phi) is 5.37. The number of carbonyl (C=O) groups is 1. The first-order valence-corrected chi connectivity index (χ1v) is 9.00. The topological polar surface area (TPSA) is 23.6 Å². The molecule has 1 amide bonds. The zero-order valence-corrected chi connectivity index (χ0v) is 14.6. The highest BCUT2D eigenvalue weighted by Crippen LogP contribution is 2.31. The molecular weight excluding hydrogens is 329 g/mol. The first-order valence-electron chi connectivity index (χ1n) is 9.00. The van der Waals surface area contributed by atoms with Crippen molar-refractivity contribution in [2.75, 3.05) is 13.6 Å². The van der Waals surface area contributed by atoms with Gasteiger partial charge in [0.2, 0.25) is 5.91 Å². The van der Waals surface area contributed by atoms with E-state index < -0.39 is 11.7 Å². The lowest BCUT2D eigenvalue weighted by Crippen LogP contribution is -2.42. The summed E-state index contributed by atoms with van der Waals surface area (Å²) in [7, 11) is 2.00. The third-order valence-electron chi connectivity index (χ3n) is 5.27. The van der Waals surface area contributed by atoms with Crippen LogP contribution in [0.4, 0.5) is 13.2 Å². The van der Waals surface area contributed by atoms with Gasteiger partial charge in [0.1, 0.15) is 0 Å². The molecule has 3 nitrogen and oxygen atoms in total. The second-order valence-electron chi connectivity index (χ2n) is 7.30. The quantitative estimate of drug-likeness (QED) is 0.769. The molecule has 6 heteroatoms. The fourth-order valence-electron chi connectivity index (χ4n) is 3.58. The van der Waals surface area contributed by atoms with Gasteiger partial charge in [-0.05, 0) is 50.4 Å². The van der Waals surface area contributed by atoms with E-state index >= 15 is 0 Å². The van der Waals surface area contributed by atoms with Crippen molar-refractivity contribution < 1.29 is 18.0 Å². The smallest absolute Gasteiger partial charge is 0.334 e. The van der Waals surface area contributed by atoms with E-state index in [1.54, 1.807) is 0 Å². The maximum atomic E-state index is 12.7. The van der Waals surface area contributed by atoms with Crippen molar-refractivity contribution in [3.63, 3.8) is 0 Å². The highest BCUT2D eigenvalue weighted by molar-refractivity contribution is 5.79. The molecule has 2 aliphatic rings. The number of carbonyl (C=O) groups excluding carboxylic acids is 1. The van der Waals surface area contributed by atoms with E-state index in [-0.39, 0.29) is 11.9 Å². The van der Waals surface area contributed by atoms with Crippen molar-refractivity contribution >= 4 is 5.91 Å². The molecule has 2 saturated carbocycles. The van der Waals surface area contributed by atoms with E-state index in [4.69, 9.17) is 0 Å². The highest BCUT2D eigenvalue weighted by Gasteiger charge is 2.34. The van der Waals surface area contributed by atoms with E-state index in [2.05, 4.69) is 4.90 Å². The van der Waals surface area contributed by atoms with Gasteiger partial charge in [-0.15, -0.1) is 0 Å². The minimum Gasteiger partial charge on any atom is -0.334 e. The van der Waals surface area contributed by atoms with Crippen LogP contribution in [0.15, 0.2) is 24.3 Å². The van der Waals surface area contributed by atoms with Crippen LogP contribution in [0.2, 0.25) is 0 Å². The maximum Gasteiger partial charge on any atom is 0.416 e. The first kappa shape index (κ1) is 18.2. The summed E-state index contributed by atoms with van der Waals surface area (Å²) in [5, 5.41) is 0. The Morgan fingerprint density at radius 3 is 2.16 bits per heavy atom. The van der Waals surface area contributed by atoms with E-state index in [1.165, 1.54) is 25.0 Å². The lowest BCUT2D eigenvalue weighted by atomic mass is 10.1. The lowest BCUT2D eigenvalue weighted by Gasteiger charge is -2.28. The lowest BCUT2D eigenvalue weighted by molar-refractivity contribution is -0.137. The number of alkyl halides is 3. The largest absolute Gasteiger partial charge is 0.416 e. The van der Waals surface area contributed by atoms with Crippen LogP contribution in [-0.2, 0) is 17.5 Å². The summed E-state index contributed by atoms with van der Waals surface area (Å²) in [6, 6.07) is 5.87. The molecule has 0 bridgehead atoms. The summed E-state index contributed by atoms with van der Waals surface area (Å²) in [5.74, 6) is 0.0804. The summed E-state index contributed by atoms with van der Waals surface area (Å²) >= 11 is 0. The van der Waals surface area contributed by atoms with Gasteiger partial charge in [0, 0.05) is 18.6 Å². The molecular formula is C19H25F3N2O. The Bertz CT molecular complexity index is 590. The summed E-state index contributed by atoms with van der Waals surface area (Å²) in [4.78, 5) is 16.7. The Balaban J connectivity index is 1.62. The van der Waals surface area contributed by atoms with E-state index in [9.17, 15) is 18.0 Å². The van der Waals surface area contributed by atoms with Crippen LogP contribution in [0.5, 0.6) is 0 Å². The molecule has 0 aromatic heterocycles. The molecule has 2 aliphatic carbocycles. The second-order valence-corrected chi connectivity index (χ2v) is 7.30. The zero-order chi connectivity index (χ0) is 18.0. The monoisotopic (exact) mass is 354 g/mol. The minimum atomic E-state index is -4.32. The molecule has 138 valence electrons. The number of likely N-dealkylation sites (N-methyl/N-ethyl adjacent to an activating group) is 1. The highest BCUT2D eigenvalue weighted by atomic mass is 19.4. The number of amides is 1. The van der Waals surface area contributed by atoms with E-state index in [1.807, 2.05) is 11.9 Å². The minimum absolute atomic E-state index is 0.0804. The predicted octanol–water partition coefficient (Wildman–Crippen LogP) is 4.07. The standard InChI is InChI=1S/C19H25F3N2O/c1-23(16-4-2-3-5-16)13-18(25)24(17-10-11-17)12-14-6-8-15(9-7-14)19(20,21)22/h6-9,16-17H,2-5,10-13H2,1H3. The van der Waals surface area contributed by atoms with Gasteiger partial charge in [0.15, 0.2) is 0 Å². The Morgan fingerprint density at radius 1 is 1.04 bits per heavy atom. The fraction of sp³-hybridized carbons (Fsp3) is 0.632. The molecule has 1 aromatic carbocycles. The first-order chi connectivity index (χ1) is 11.8. The molecule has 25 heavy (non-hydrogen) atoms. The zero-order valence-electron chi connectivity index (χ0n) is 14.6. The Morgan fingerprint density at radius 2 is 1.64 bits per heavy atom. The summed E-state index contributed by atoms with van der Waals surface area (Å²) in [6.07, 6.45) is 2.38. The Labute approximate surface area is 146 Å². The molecule has 0 unspecified atom stereocenters. The van der Waals surface area contributed by atoms with Gasteiger partial charge in [-0.1, -0.05) is 25.0 Å². The normalized spacial score (nSPS) is 18.8. The summed E-state index contributed by atoms with van der Waals surface area (Å²) in [5.41, 5.74) is 0.0956. The molecule has 0 aliphatic heterocycles. The summed E-state index contributed by atoms with van der Waals surface area (Å²) in [6.45, 7) is 0.780. The van der Waals surface area contributed by atoms with Crippen molar-refractivity contribution in [1.82, 2.24) is 9.80 Å². The van der Waals surface area contributed by atoms with Crippen LogP contribution >= 0.6 is 0 Å². The molecule has 3 rings (SSSR count). The van der Waals surface area contributed by atoms with Gasteiger partial charge in [-0.2, -0.15) is 13.2 Å². The van der Waals surface area contributed by atoms with Crippen molar-refractivity contribution in [3.8, 4) is 0 Å². The number of rotatable bonds is 6. The third kappa shape index (κ3) is 4.75. The van der Waals surface area contributed by atoms with Crippen LogP contribution in [-0.4, -0.2) is 41.4 Å². The molecule has 2 fully saturated rings. The molecule has 0 spiro atoms. The van der Waals surface area contributed by atoms with Crippen molar-refractivity contribution in [1.29, 1.82) is 0 Å². The average molecular weight is 354 g/mol. The SMILES string of the molecule is CN(CC(=O)N(Cc1ccc(C(F)(F)F)cc1)C1CC1)C1CCCC1. The Hall–Kier alpha value is -1.56. The summed E-state index contributed by atoms with van der Waals surface area (Å²) < 4.78 is 38.0. The maximum absolute atomic E-state index is 12.7. The van der Waals surface area contributed by atoms with E-state index in [0.717, 1.165) is 43.4 Å². The number of halogens is 3. The third-order valence-corrected chi connectivity index (χ3v) is 5.27. The number of hydrogen-bond donors (Lipinski definition) is 0. The fourth-order valence-corrected chi connectivity index (χ4v) is 3.58. The molecule has 0 radical (unpaired) electrons. The molecule has 0 heterocycles. The van der Waals surface area contributed by atoms with Gasteiger partial charge >= 0.3 is 6.18 Å². The van der Waals surface area contributed by atoms with Crippen LogP contribution < -0.4 is 0 Å². The van der Waals surface area contributed by atoms with Crippen molar-refractivity contribution in [2.24, 2.45) is 0 Å². The number of nitrogens with zero attached hydrogens (tertiary/aromatic N) is 2. The number of hydrogen-bond acceptors (Lipinski definition) is 2. The van der Waals surface area contributed by atoms with Gasteiger partial charge in [-0.3, -0.25) is 9.69 Å². The number of benzene rings is 1. The molecule has 0 saturated heterocycles. The molecule has 0 atom stereocenters. The van der Waals surface area contributed by atoms with Crippen molar-refractivity contribution in [2.45, 2.75) is 63.3 Å². The van der Waals surface area contributed by atoms with Crippen LogP contribution in [0.25, 0.3) is 0 Å². The molecule has 1 aromatic rings. The average Bonchev–Trinajstić information content (AvgIpc) is 3.24. The second kappa shape index (κ2) is 7.36. The van der Waals surface area contributed by atoms with Gasteiger partial charge in [0.25, 0.3) is 0 Å². The van der Waals surface area contributed by atoms with Gasteiger partial charge in [-0.25, -0.2) is 0 Å². The van der Waals surface area contributed by atoms with E-state index in [0.29, 0.717) is 19.1 Å². The molecule has 0 N–H and O–H groups in total. The van der Waals surface area contributed by atoms with Crippen molar-refractivity contribution in [3.05, 3.63) is 35.4 Å². The van der Waals surface area contributed by atoms with Gasteiger partial charge in [0.05, 0.1) is 12.1 Å². The van der Waals surface area contributed by atoms with Crippen LogP contribution in [0, 0.1) is 0 Å². The predicted molar refractivity (Wildman–Crippen MR) is 89.9 cm³/mol. The van der Waals surface area contributed by atoms with Crippen LogP contribution in [0.1, 0.15) is 49.7 Å².